The number of thiol groups is 1. The van der Waals surface area contributed by atoms with Crippen molar-refractivity contribution in [1.82, 2.24) is 15.6 Å². The molecule has 0 fully saturated rings. The molecule has 0 aromatic heterocycles. The molecule has 0 saturated carbocycles. The topological polar surface area (TPSA) is 65.2 Å². The molecule has 0 radical (unpaired) electrons. The molecule has 4 N–H and O–H groups in total. The Morgan fingerprint density at radius 2 is 1.89 bits per heavy atom. The van der Waals surface area contributed by atoms with E-state index in [1.807, 2.05) is 24.3 Å². The molecule has 1 aromatic carbocycles. The minimum atomic E-state index is -0.0130. The Bertz CT molecular complexity index is 369. The van der Waals surface area contributed by atoms with Crippen LogP contribution in [0.5, 0.6) is 0 Å². The highest BCUT2D eigenvalue weighted by atomic mass is 32.1. The first-order valence-electron chi connectivity index (χ1n) is 6.52. The molecule has 0 bridgehead atoms. The van der Waals surface area contributed by atoms with Crippen LogP contribution in [0.1, 0.15) is 30.1 Å². The zero-order valence-electron chi connectivity index (χ0n) is 11.2. The van der Waals surface area contributed by atoms with Crippen LogP contribution in [0.15, 0.2) is 24.3 Å². The standard InChI is InChI=1S/C13H22N4OS/c1-2-3-8-15-13(18)11-4-6-12(7-5-11)14-9-10-16-17-19/h4-7,14,16-17,19H,2-3,8-10H2,1H3,(H,15,18). The SMILES string of the molecule is CCCCNC(=O)c1ccc(NCCNNS)cc1. The first-order chi connectivity index (χ1) is 9.27. The third-order valence-electron chi connectivity index (χ3n) is 2.62. The molecular weight excluding hydrogens is 260 g/mol. The number of amides is 1. The number of benzene rings is 1. The normalized spacial score (nSPS) is 10.2. The second-order valence-electron chi connectivity index (χ2n) is 4.15. The molecule has 6 heteroatoms. The van der Waals surface area contributed by atoms with E-state index in [1.165, 1.54) is 0 Å². The van der Waals surface area contributed by atoms with E-state index >= 15 is 0 Å². The first kappa shape index (κ1) is 15.8. The predicted molar refractivity (Wildman–Crippen MR) is 82.3 cm³/mol. The van der Waals surface area contributed by atoms with Crippen LogP contribution in [0.4, 0.5) is 5.69 Å². The molecule has 5 nitrogen and oxygen atoms in total. The Morgan fingerprint density at radius 1 is 1.16 bits per heavy atom. The number of carbonyl (C=O) groups excluding carboxylic acids is 1. The van der Waals surface area contributed by atoms with E-state index < -0.39 is 0 Å². The number of rotatable bonds is 9. The molecule has 1 rings (SSSR count). The summed E-state index contributed by atoms with van der Waals surface area (Å²) in [6, 6.07) is 7.47. The first-order valence-corrected chi connectivity index (χ1v) is 6.96. The van der Waals surface area contributed by atoms with Crippen LogP contribution in [0.3, 0.4) is 0 Å². The summed E-state index contributed by atoms with van der Waals surface area (Å²) in [5.41, 5.74) is 4.55. The number of anilines is 1. The fourth-order valence-electron chi connectivity index (χ4n) is 1.55. The summed E-state index contributed by atoms with van der Waals surface area (Å²) in [6.07, 6.45) is 2.09. The predicted octanol–water partition coefficient (Wildman–Crippen LogP) is 1.57. The number of hydrogen-bond acceptors (Lipinski definition) is 5. The van der Waals surface area contributed by atoms with E-state index in [1.54, 1.807) is 0 Å². The maximum Gasteiger partial charge on any atom is 0.251 e. The maximum atomic E-state index is 11.8. The molecule has 0 saturated heterocycles. The van der Waals surface area contributed by atoms with E-state index in [2.05, 4.69) is 40.6 Å². The molecule has 0 aliphatic heterocycles. The largest absolute Gasteiger partial charge is 0.384 e. The highest BCUT2D eigenvalue weighted by molar-refractivity contribution is 7.78. The summed E-state index contributed by atoms with van der Waals surface area (Å²) >= 11 is 3.82. The Morgan fingerprint density at radius 3 is 2.53 bits per heavy atom. The molecule has 19 heavy (non-hydrogen) atoms. The van der Waals surface area contributed by atoms with Gasteiger partial charge in [-0.05, 0) is 30.7 Å². The van der Waals surface area contributed by atoms with Crippen LogP contribution in [-0.4, -0.2) is 25.5 Å². The zero-order valence-corrected chi connectivity index (χ0v) is 12.1. The van der Waals surface area contributed by atoms with Gasteiger partial charge in [0.15, 0.2) is 0 Å². The lowest BCUT2D eigenvalue weighted by molar-refractivity contribution is 0.0953. The van der Waals surface area contributed by atoms with Crippen molar-refractivity contribution < 1.29 is 4.79 Å². The van der Waals surface area contributed by atoms with Gasteiger partial charge in [-0.1, -0.05) is 26.2 Å². The number of carbonyl (C=O) groups is 1. The summed E-state index contributed by atoms with van der Waals surface area (Å²) in [4.78, 5) is 14.3. The Hall–Kier alpha value is -1.24. The van der Waals surface area contributed by atoms with Crippen LogP contribution in [0, 0.1) is 0 Å². The van der Waals surface area contributed by atoms with Crippen molar-refractivity contribution >= 4 is 24.4 Å². The third kappa shape index (κ3) is 6.47. The maximum absolute atomic E-state index is 11.8. The van der Waals surface area contributed by atoms with Crippen molar-refractivity contribution in [3.05, 3.63) is 29.8 Å². The average molecular weight is 282 g/mol. The second-order valence-corrected chi connectivity index (χ2v) is 4.38. The molecule has 106 valence electrons. The van der Waals surface area contributed by atoms with Crippen LogP contribution in [0.2, 0.25) is 0 Å². The number of hydrogen-bond donors (Lipinski definition) is 5. The Labute approximate surface area is 120 Å². The zero-order chi connectivity index (χ0) is 13.9. The fraction of sp³-hybridized carbons (Fsp3) is 0.462. The molecule has 1 aromatic rings. The average Bonchev–Trinajstić information content (AvgIpc) is 2.44. The van der Waals surface area contributed by atoms with Gasteiger partial charge in [-0.2, -0.15) is 0 Å². The summed E-state index contributed by atoms with van der Waals surface area (Å²) in [5, 5.41) is 6.12. The molecular formula is C13H22N4OS. The van der Waals surface area contributed by atoms with Crippen LogP contribution >= 0.6 is 12.8 Å². The molecule has 0 spiro atoms. The monoisotopic (exact) mass is 282 g/mol. The van der Waals surface area contributed by atoms with Gasteiger partial charge in [-0.15, -0.1) is 0 Å². The minimum Gasteiger partial charge on any atom is -0.384 e. The van der Waals surface area contributed by atoms with Gasteiger partial charge in [0.25, 0.3) is 5.91 Å². The Kier molecular flexibility index (Phi) is 8.04. The summed E-state index contributed by atoms with van der Waals surface area (Å²) < 4.78 is 0. The molecule has 1 amide bonds. The van der Waals surface area contributed by atoms with Gasteiger partial charge >= 0.3 is 0 Å². The van der Waals surface area contributed by atoms with Gasteiger partial charge in [-0.25, -0.2) is 10.3 Å². The highest BCUT2D eigenvalue weighted by Crippen LogP contribution is 2.09. The summed E-state index contributed by atoms with van der Waals surface area (Å²) in [5.74, 6) is -0.0130. The molecule has 0 aliphatic rings. The minimum absolute atomic E-state index is 0.0130. The highest BCUT2D eigenvalue weighted by Gasteiger charge is 2.03. The molecule has 0 unspecified atom stereocenters. The van der Waals surface area contributed by atoms with Crippen molar-refractivity contribution in [2.45, 2.75) is 19.8 Å². The van der Waals surface area contributed by atoms with Crippen molar-refractivity contribution in [2.24, 2.45) is 0 Å². The van der Waals surface area contributed by atoms with Gasteiger partial charge in [-0.3, -0.25) is 4.79 Å². The van der Waals surface area contributed by atoms with Crippen LogP contribution < -0.4 is 20.9 Å². The lowest BCUT2D eigenvalue weighted by Gasteiger charge is -2.08. The smallest absolute Gasteiger partial charge is 0.251 e. The van der Waals surface area contributed by atoms with Gasteiger partial charge < -0.3 is 10.6 Å². The molecule has 0 aliphatic carbocycles. The van der Waals surface area contributed by atoms with Crippen molar-refractivity contribution in [3.8, 4) is 0 Å². The Balaban J connectivity index is 2.36. The number of unbranched alkanes of at least 4 members (excludes halogenated alkanes) is 1. The van der Waals surface area contributed by atoms with Crippen molar-refractivity contribution in [1.29, 1.82) is 0 Å². The molecule has 0 atom stereocenters. The number of hydrazine groups is 1. The third-order valence-corrected chi connectivity index (χ3v) is 2.78. The van der Waals surface area contributed by atoms with E-state index in [-0.39, 0.29) is 5.91 Å². The summed E-state index contributed by atoms with van der Waals surface area (Å²) in [7, 11) is 0. The quantitative estimate of drug-likeness (QED) is 0.271. The van der Waals surface area contributed by atoms with E-state index in [0.29, 0.717) is 5.56 Å². The van der Waals surface area contributed by atoms with E-state index in [9.17, 15) is 4.79 Å². The van der Waals surface area contributed by atoms with E-state index in [0.717, 1.165) is 38.2 Å². The lowest BCUT2D eigenvalue weighted by atomic mass is 10.2. The van der Waals surface area contributed by atoms with Crippen molar-refractivity contribution in [2.75, 3.05) is 25.0 Å². The second kappa shape index (κ2) is 9.66. The summed E-state index contributed by atoms with van der Waals surface area (Å²) in [6.45, 7) is 4.36. The van der Waals surface area contributed by atoms with E-state index in [4.69, 9.17) is 0 Å². The van der Waals surface area contributed by atoms with Crippen LogP contribution in [-0.2, 0) is 0 Å². The molecule has 0 heterocycles. The fourth-order valence-corrected chi connectivity index (χ4v) is 1.66. The van der Waals surface area contributed by atoms with Gasteiger partial charge in [0.1, 0.15) is 0 Å². The van der Waals surface area contributed by atoms with Crippen LogP contribution in [0.25, 0.3) is 0 Å². The van der Waals surface area contributed by atoms with Gasteiger partial charge in [0.05, 0.1) is 0 Å². The van der Waals surface area contributed by atoms with Gasteiger partial charge in [0.2, 0.25) is 0 Å². The van der Waals surface area contributed by atoms with Crippen molar-refractivity contribution in [3.63, 3.8) is 0 Å². The lowest BCUT2D eigenvalue weighted by Crippen LogP contribution is -2.28. The van der Waals surface area contributed by atoms with Gasteiger partial charge in [0, 0.05) is 30.9 Å². The number of nitrogens with one attached hydrogen (secondary N) is 4.